The summed E-state index contributed by atoms with van der Waals surface area (Å²) in [5.41, 5.74) is -0.686. The van der Waals surface area contributed by atoms with Crippen molar-refractivity contribution in [2.45, 2.75) is 12.3 Å². The summed E-state index contributed by atoms with van der Waals surface area (Å²) in [6.07, 6.45) is -5.59. The number of halogens is 4. The maximum absolute atomic E-state index is 13.0. The van der Waals surface area contributed by atoms with Crippen molar-refractivity contribution in [2.75, 3.05) is 11.9 Å². The molecule has 3 nitrogen and oxygen atoms in total. The van der Waals surface area contributed by atoms with Gasteiger partial charge in [-0.2, -0.15) is 18.4 Å². The van der Waals surface area contributed by atoms with E-state index in [-0.39, 0.29) is 17.8 Å². The lowest BCUT2D eigenvalue weighted by Gasteiger charge is -2.17. The van der Waals surface area contributed by atoms with E-state index in [0.717, 1.165) is 6.07 Å². The maximum atomic E-state index is 13.0. The molecule has 0 heterocycles. The molecule has 0 aliphatic carbocycles. The highest BCUT2D eigenvalue weighted by Crippen LogP contribution is 2.35. The summed E-state index contributed by atoms with van der Waals surface area (Å²) >= 11 is 5.74. The first kappa shape index (κ1) is 17.1. The number of benzene rings is 2. The van der Waals surface area contributed by atoms with Gasteiger partial charge in [-0.1, -0.05) is 23.7 Å². The molecule has 120 valence electrons. The van der Waals surface area contributed by atoms with Crippen LogP contribution in [0.25, 0.3) is 0 Å². The van der Waals surface area contributed by atoms with Crippen LogP contribution in [0.5, 0.6) is 0 Å². The van der Waals surface area contributed by atoms with Crippen molar-refractivity contribution in [3.8, 4) is 6.07 Å². The smallest absolute Gasteiger partial charge is 0.387 e. The number of alkyl halides is 3. The molecule has 0 radical (unpaired) electrons. The molecule has 2 N–H and O–H groups in total. The van der Waals surface area contributed by atoms with E-state index in [4.69, 9.17) is 16.9 Å². The molecule has 0 aliphatic heterocycles. The van der Waals surface area contributed by atoms with Gasteiger partial charge in [0.05, 0.1) is 23.3 Å². The summed E-state index contributed by atoms with van der Waals surface area (Å²) in [7, 11) is 0. The van der Waals surface area contributed by atoms with Crippen molar-refractivity contribution in [3.63, 3.8) is 0 Å². The molecule has 2 rings (SSSR count). The topological polar surface area (TPSA) is 56.0 Å². The molecule has 7 heteroatoms. The number of nitrogens with zero attached hydrogens (tertiary/aromatic N) is 1. The molecule has 0 saturated heterocycles. The van der Waals surface area contributed by atoms with Gasteiger partial charge in [0, 0.05) is 17.3 Å². The Kier molecular flexibility index (Phi) is 5.14. The zero-order valence-electron chi connectivity index (χ0n) is 11.7. The third-order valence-corrected chi connectivity index (χ3v) is 3.45. The fourth-order valence-corrected chi connectivity index (χ4v) is 2.14. The van der Waals surface area contributed by atoms with Crippen molar-refractivity contribution in [1.82, 2.24) is 0 Å². The van der Waals surface area contributed by atoms with E-state index in [0.29, 0.717) is 10.6 Å². The number of anilines is 1. The van der Waals surface area contributed by atoms with Crippen molar-refractivity contribution >= 4 is 17.3 Å². The fraction of sp³-hybridized carbons (Fsp3) is 0.188. The van der Waals surface area contributed by atoms with Crippen LogP contribution >= 0.6 is 11.6 Å². The molecular weight excluding hydrogens is 329 g/mol. The average molecular weight is 341 g/mol. The molecular formula is C16H12ClF3N2O. The van der Waals surface area contributed by atoms with Crippen molar-refractivity contribution in [3.05, 3.63) is 64.2 Å². The largest absolute Gasteiger partial charge is 0.418 e. The number of hydrogen-bond acceptors (Lipinski definition) is 3. The minimum atomic E-state index is -4.60. The number of rotatable bonds is 4. The predicted molar refractivity (Wildman–Crippen MR) is 81.1 cm³/mol. The van der Waals surface area contributed by atoms with Crippen LogP contribution in [0, 0.1) is 11.3 Å². The van der Waals surface area contributed by atoms with E-state index in [2.05, 4.69) is 5.32 Å². The summed E-state index contributed by atoms with van der Waals surface area (Å²) in [5, 5.41) is 21.8. The number of aliphatic hydroxyl groups is 1. The van der Waals surface area contributed by atoms with Crippen LogP contribution in [0.15, 0.2) is 42.5 Å². The zero-order chi connectivity index (χ0) is 17.0. The Morgan fingerprint density at radius 2 is 1.83 bits per heavy atom. The Morgan fingerprint density at radius 1 is 1.17 bits per heavy atom. The van der Waals surface area contributed by atoms with E-state index < -0.39 is 17.8 Å². The van der Waals surface area contributed by atoms with Gasteiger partial charge in [0.1, 0.15) is 0 Å². The molecule has 0 bridgehead atoms. The Labute approximate surface area is 135 Å². The molecule has 2 aromatic rings. The van der Waals surface area contributed by atoms with Gasteiger partial charge >= 0.3 is 6.18 Å². The maximum Gasteiger partial charge on any atom is 0.418 e. The molecule has 0 spiro atoms. The Morgan fingerprint density at radius 3 is 2.39 bits per heavy atom. The number of hydrogen-bond donors (Lipinski definition) is 2. The van der Waals surface area contributed by atoms with Gasteiger partial charge in [-0.3, -0.25) is 0 Å². The highest BCUT2D eigenvalue weighted by Gasteiger charge is 2.34. The lowest BCUT2D eigenvalue weighted by Crippen LogP contribution is -2.16. The molecule has 0 aliphatic rings. The van der Waals surface area contributed by atoms with Gasteiger partial charge in [0.2, 0.25) is 0 Å². The van der Waals surface area contributed by atoms with E-state index in [1.54, 1.807) is 30.3 Å². The van der Waals surface area contributed by atoms with Gasteiger partial charge in [-0.05, 0) is 35.9 Å². The van der Waals surface area contributed by atoms with Crippen LogP contribution in [0.3, 0.4) is 0 Å². The molecule has 0 aromatic heterocycles. The quantitative estimate of drug-likeness (QED) is 0.868. The van der Waals surface area contributed by atoms with E-state index in [1.165, 1.54) is 12.1 Å². The van der Waals surface area contributed by atoms with Crippen LogP contribution in [0.2, 0.25) is 5.02 Å². The third kappa shape index (κ3) is 4.38. The molecule has 1 unspecified atom stereocenters. The monoisotopic (exact) mass is 340 g/mol. The summed E-state index contributed by atoms with van der Waals surface area (Å²) < 4.78 is 39.1. The molecule has 23 heavy (non-hydrogen) atoms. The second kappa shape index (κ2) is 6.90. The summed E-state index contributed by atoms with van der Waals surface area (Å²) in [5.74, 6) is 0. The summed E-state index contributed by atoms with van der Waals surface area (Å²) in [6, 6.07) is 11.3. The van der Waals surface area contributed by atoms with E-state index >= 15 is 0 Å². The zero-order valence-corrected chi connectivity index (χ0v) is 12.5. The predicted octanol–water partition coefficient (Wildman–Crippen LogP) is 4.38. The van der Waals surface area contributed by atoms with Gasteiger partial charge in [0.15, 0.2) is 0 Å². The van der Waals surface area contributed by atoms with Crippen molar-refractivity contribution in [2.24, 2.45) is 0 Å². The first-order chi connectivity index (χ1) is 10.8. The minimum absolute atomic E-state index is 0.0823. The summed E-state index contributed by atoms with van der Waals surface area (Å²) in [4.78, 5) is 0. The first-order valence-electron chi connectivity index (χ1n) is 6.60. The van der Waals surface area contributed by atoms with Crippen LogP contribution in [0.4, 0.5) is 18.9 Å². The second-order valence-corrected chi connectivity index (χ2v) is 5.25. The van der Waals surface area contributed by atoms with Gasteiger partial charge in [0.25, 0.3) is 0 Å². The highest BCUT2D eigenvalue weighted by molar-refractivity contribution is 6.30. The average Bonchev–Trinajstić information content (AvgIpc) is 2.52. The van der Waals surface area contributed by atoms with Crippen LogP contribution in [-0.4, -0.2) is 11.7 Å². The number of nitriles is 1. The van der Waals surface area contributed by atoms with Crippen molar-refractivity contribution in [1.29, 1.82) is 5.26 Å². The Balaban J connectivity index is 2.17. The Bertz CT molecular complexity index is 724. The fourth-order valence-electron chi connectivity index (χ4n) is 2.01. The van der Waals surface area contributed by atoms with E-state index in [1.807, 2.05) is 0 Å². The molecule has 0 fully saturated rings. The number of aliphatic hydroxyl groups excluding tert-OH is 1. The minimum Gasteiger partial charge on any atom is -0.387 e. The van der Waals surface area contributed by atoms with Crippen LogP contribution < -0.4 is 5.32 Å². The SMILES string of the molecule is N#Cc1ccc(NCC(O)c2ccc(Cl)cc2)c(C(F)(F)F)c1. The first-order valence-corrected chi connectivity index (χ1v) is 6.98. The number of nitrogens with one attached hydrogen (secondary N) is 1. The van der Waals surface area contributed by atoms with Crippen LogP contribution in [0.1, 0.15) is 22.8 Å². The Hall–Kier alpha value is -2.23. The normalized spacial score (nSPS) is 12.5. The van der Waals surface area contributed by atoms with Gasteiger partial charge in [-0.25, -0.2) is 0 Å². The second-order valence-electron chi connectivity index (χ2n) is 4.82. The molecule has 0 saturated carbocycles. The standard InChI is InChI=1S/C16H12ClF3N2O/c17-12-4-2-11(3-5-12)15(23)9-22-14-6-1-10(8-21)7-13(14)16(18,19)20/h1-7,15,22-23H,9H2. The van der Waals surface area contributed by atoms with E-state index in [9.17, 15) is 18.3 Å². The lowest BCUT2D eigenvalue weighted by atomic mass is 10.1. The third-order valence-electron chi connectivity index (χ3n) is 3.19. The van der Waals surface area contributed by atoms with Gasteiger partial charge < -0.3 is 10.4 Å². The van der Waals surface area contributed by atoms with Gasteiger partial charge in [-0.15, -0.1) is 0 Å². The van der Waals surface area contributed by atoms with Crippen molar-refractivity contribution < 1.29 is 18.3 Å². The molecule has 2 aromatic carbocycles. The molecule has 1 atom stereocenters. The lowest BCUT2D eigenvalue weighted by molar-refractivity contribution is -0.137. The molecule has 0 amide bonds. The van der Waals surface area contributed by atoms with Crippen LogP contribution in [-0.2, 0) is 6.18 Å². The summed E-state index contributed by atoms with van der Waals surface area (Å²) in [6.45, 7) is -0.114. The highest BCUT2D eigenvalue weighted by atomic mass is 35.5.